The first-order chi connectivity index (χ1) is 14.6. The molecule has 1 amide bonds. The molecule has 0 N–H and O–H groups in total. The summed E-state index contributed by atoms with van der Waals surface area (Å²) in [6.45, 7) is 2.31. The number of benzene rings is 1. The normalized spacial score (nSPS) is 18.8. The predicted molar refractivity (Wildman–Crippen MR) is 106 cm³/mol. The molecule has 1 aromatic carbocycles. The van der Waals surface area contributed by atoms with Crippen molar-refractivity contribution >= 4 is 5.91 Å². The molecule has 0 radical (unpaired) electrons. The van der Waals surface area contributed by atoms with Gasteiger partial charge in [0.05, 0.1) is 37.3 Å². The summed E-state index contributed by atoms with van der Waals surface area (Å²) in [5.74, 6) is -0.852. The minimum absolute atomic E-state index is 0.0131. The maximum Gasteiger partial charge on any atom is 0.256 e. The van der Waals surface area contributed by atoms with Crippen molar-refractivity contribution < 1.29 is 18.7 Å². The van der Waals surface area contributed by atoms with Crippen molar-refractivity contribution in [1.82, 2.24) is 24.9 Å². The highest BCUT2D eigenvalue weighted by molar-refractivity contribution is 5.98. The highest BCUT2D eigenvalue weighted by Crippen LogP contribution is 2.28. The third kappa shape index (κ3) is 3.83. The van der Waals surface area contributed by atoms with Gasteiger partial charge < -0.3 is 14.4 Å². The van der Waals surface area contributed by atoms with E-state index in [9.17, 15) is 9.18 Å². The molecule has 3 heterocycles. The molecule has 1 aliphatic heterocycles. The summed E-state index contributed by atoms with van der Waals surface area (Å²) in [4.78, 5) is 20.5. The molecule has 0 saturated carbocycles. The molecule has 8 nitrogen and oxygen atoms in total. The minimum atomic E-state index is -0.647. The minimum Gasteiger partial charge on any atom is -0.493 e. The summed E-state index contributed by atoms with van der Waals surface area (Å²) in [6, 6.07) is 8.63. The van der Waals surface area contributed by atoms with Crippen LogP contribution in [-0.2, 0) is 0 Å². The van der Waals surface area contributed by atoms with Crippen molar-refractivity contribution in [2.24, 2.45) is 0 Å². The fraction of sp³-hybridized carbons (Fsp3) is 0.333. The van der Waals surface area contributed by atoms with Crippen LogP contribution in [0.1, 0.15) is 30.1 Å². The van der Waals surface area contributed by atoms with Gasteiger partial charge in [0.1, 0.15) is 6.10 Å². The molecule has 30 heavy (non-hydrogen) atoms. The van der Waals surface area contributed by atoms with E-state index in [-0.39, 0.29) is 29.7 Å². The molecule has 0 spiro atoms. The molecule has 9 heteroatoms. The fourth-order valence-electron chi connectivity index (χ4n) is 3.58. The van der Waals surface area contributed by atoms with Crippen molar-refractivity contribution in [3.63, 3.8) is 0 Å². The molecule has 4 rings (SSSR count). The van der Waals surface area contributed by atoms with Crippen LogP contribution in [0, 0.1) is 5.82 Å². The highest BCUT2D eigenvalue weighted by Gasteiger charge is 2.32. The van der Waals surface area contributed by atoms with Crippen molar-refractivity contribution in [3.8, 4) is 17.3 Å². The van der Waals surface area contributed by atoms with Gasteiger partial charge >= 0.3 is 0 Å². The van der Waals surface area contributed by atoms with E-state index in [1.807, 2.05) is 13.0 Å². The molecular formula is C21H22FN5O3. The lowest BCUT2D eigenvalue weighted by Crippen LogP contribution is -2.49. The topological polar surface area (TPSA) is 82.4 Å². The average Bonchev–Trinajstić information content (AvgIpc) is 3.31. The third-order valence-corrected chi connectivity index (χ3v) is 5.19. The second-order valence-corrected chi connectivity index (χ2v) is 7.09. The Morgan fingerprint density at radius 2 is 1.90 bits per heavy atom. The van der Waals surface area contributed by atoms with Gasteiger partial charge in [0, 0.05) is 18.3 Å². The van der Waals surface area contributed by atoms with Gasteiger partial charge in [-0.05, 0) is 31.9 Å². The number of piperidine rings is 1. The summed E-state index contributed by atoms with van der Waals surface area (Å²) >= 11 is 0. The van der Waals surface area contributed by atoms with Crippen molar-refractivity contribution in [2.75, 3.05) is 13.7 Å². The zero-order chi connectivity index (χ0) is 21.1. The molecule has 156 valence electrons. The Kier molecular flexibility index (Phi) is 5.60. The first kappa shape index (κ1) is 19.8. The number of nitrogens with zero attached hydrogens (tertiary/aromatic N) is 5. The maximum absolute atomic E-state index is 14.4. The van der Waals surface area contributed by atoms with E-state index in [1.54, 1.807) is 35.5 Å². The number of carbonyl (C=O) groups excluding carboxylic acids is 1. The second kappa shape index (κ2) is 8.48. The zero-order valence-corrected chi connectivity index (χ0v) is 16.7. The Morgan fingerprint density at radius 1 is 1.13 bits per heavy atom. The van der Waals surface area contributed by atoms with Gasteiger partial charge in [0.25, 0.3) is 11.8 Å². The van der Waals surface area contributed by atoms with E-state index >= 15 is 0 Å². The van der Waals surface area contributed by atoms with Crippen LogP contribution < -0.4 is 9.47 Å². The SMILES string of the molecule is COc1ccnc(O[C@@H]2CC[C@@H](C)N(C(=O)c3ccccc3-n3nccn3)C2)c1F. The van der Waals surface area contributed by atoms with E-state index < -0.39 is 5.82 Å². The molecule has 2 aromatic heterocycles. The quantitative estimate of drug-likeness (QED) is 0.642. The first-order valence-corrected chi connectivity index (χ1v) is 9.70. The van der Waals surface area contributed by atoms with Crippen molar-refractivity contribution in [2.45, 2.75) is 31.9 Å². The van der Waals surface area contributed by atoms with Gasteiger partial charge in [-0.3, -0.25) is 4.79 Å². The predicted octanol–water partition coefficient (Wildman–Crippen LogP) is 2.88. The lowest BCUT2D eigenvalue weighted by Gasteiger charge is -2.38. The fourth-order valence-corrected chi connectivity index (χ4v) is 3.58. The van der Waals surface area contributed by atoms with Gasteiger partial charge in [-0.25, -0.2) is 4.98 Å². The molecule has 0 unspecified atom stereocenters. The Hall–Kier alpha value is -3.49. The molecule has 0 aliphatic carbocycles. The second-order valence-electron chi connectivity index (χ2n) is 7.09. The van der Waals surface area contributed by atoms with Crippen molar-refractivity contribution in [3.05, 3.63) is 60.3 Å². The highest BCUT2D eigenvalue weighted by atomic mass is 19.1. The van der Waals surface area contributed by atoms with Gasteiger partial charge in [-0.2, -0.15) is 19.4 Å². The average molecular weight is 411 g/mol. The number of rotatable bonds is 5. The van der Waals surface area contributed by atoms with Gasteiger partial charge in [0.2, 0.25) is 5.82 Å². The number of halogens is 1. The molecule has 0 bridgehead atoms. The molecule has 1 aliphatic rings. The van der Waals surface area contributed by atoms with Crippen LogP contribution in [0.25, 0.3) is 5.69 Å². The number of pyridine rings is 1. The van der Waals surface area contributed by atoms with E-state index in [1.165, 1.54) is 24.2 Å². The number of hydrogen-bond acceptors (Lipinski definition) is 6. The van der Waals surface area contributed by atoms with Gasteiger partial charge in [-0.15, -0.1) is 0 Å². The monoisotopic (exact) mass is 411 g/mol. The van der Waals surface area contributed by atoms with Crippen molar-refractivity contribution in [1.29, 1.82) is 0 Å². The summed E-state index contributed by atoms with van der Waals surface area (Å²) < 4.78 is 25.2. The summed E-state index contributed by atoms with van der Waals surface area (Å²) in [5.41, 5.74) is 1.09. The molecule has 2 atom stereocenters. The Bertz CT molecular complexity index is 1030. The van der Waals surface area contributed by atoms with E-state index in [0.717, 1.165) is 6.42 Å². The zero-order valence-electron chi connectivity index (χ0n) is 16.7. The van der Waals surface area contributed by atoms with E-state index in [0.29, 0.717) is 24.2 Å². The van der Waals surface area contributed by atoms with Crippen LogP contribution in [0.4, 0.5) is 4.39 Å². The van der Waals surface area contributed by atoms with Crippen LogP contribution in [0.5, 0.6) is 11.6 Å². The van der Waals surface area contributed by atoms with Crippen LogP contribution in [-0.4, -0.2) is 56.6 Å². The number of methoxy groups -OCH3 is 1. The maximum atomic E-state index is 14.4. The molecule has 1 fully saturated rings. The number of likely N-dealkylation sites (tertiary alicyclic amines) is 1. The van der Waals surface area contributed by atoms with Gasteiger partial charge in [-0.1, -0.05) is 12.1 Å². The Labute approximate surface area is 173 Å². The first-order valence-electron chi connectivity index (χ1n) is 9.70. The number of carbonyl (C=O) groups is 1. The largest absolute Gasteiger partial charge is 0.493 e. The number of hydrogen-bond donors (Lipinski definition) is 0. The molecule has 3 aromatic rings. The van der Waals surface area contributed by atoms with Gasteiger partial charge in [0.15, 0.2) is 5.75 Å². The standard InChI is InChI=1S/C21H22FN5O3/c1-14-7-8-15(30-20-19(22)18(29-2)9-10-23-20)13-26(14)21(28)16-5-3-4-6-17(16)27-24-11-12-25-27/h3-6,9-12,14-15H,7-8,13H2,1-2H3/t14-,15-/m1/s1. The molecule has 1 saturated heterocycles. The Morgan fingerprint density at radius 3 is 2.67 bits per heavy atom. The number of amides is 1. The van der Waals surface area contributed by atoms with Crippen LogP contribution in [0.15, 0.2) is 48.9 Å². The summed E-state index contributed by atoms with van der Waals surface area (Å²) in [7, 11) is 1.39. The number of ether oxygens (including phenoxy) is 2. The lowest BCUT2D eigenvalue weighted by molar-refractivity contribution is 0.0360. The Balaban J connectivity index is 1.56. The van der Waals surface area contributed by atoms with E-state index in [4.69, 9.17) is 9.47 Å². The smallest absolute Gasteiger partial charge is 0.256 e. The lowest BCUT2D eigenvalue weighted by atomic mass is 9.99. The van der Waals surface area contributed by atoms with Crippen LogP contribution in [0.2, 0.25) is 0 Å². The number of aromatic nitrogens is 4. The molecular weight excluding hydrogens is 389 g/mol. The third-order valence-electron chi connectivity index (χ3n) is 5.19. The van der Waals surface area contributed by atoms with E-state index in [2.05, 4.69) is 15.2 Å². The number of para-hydroxylation sites is 1. The summed E-state index contributed by atoms with van der Waals surface area (Å²) in [6.07, 6.45) is 5.58. The van der Waals surface area contributed by atoms with Crippen LogP contribution in [0.3, 0.4) is 0 Å². The van der Waals surface area contributed by atoms with Crippen LogP contribution >= 0.6 is 0 Å². The summed E-state index contributed by atoms with van der Waals surface area (Å²) in [5, 5.41) is 8.28.